The fourth-order valence-electron chi connectivity index (χ4n) is 3.38. The molecule has 1 fully saturated rings. The Bertz CT molecular complexity index is 536. The Morgan fingerprint density at radius 2 is 2.04 bits per heavy atom. The number of ether oxygens (including phenoxy) is 2. The van der Waals surface area contributed by atoms with Gasteiger partial charge in [0.15, 0.2) is 5.96 Å². The van der Waals surface area contributed by atoms with E-state index in [0.29, 0.717) is 25.6 Å². The Kier molecular flexibility index (Phi) is 13.2. The van der Waals surface area contributed by atoms with Crippen LogP contribution in [0.1, 0.15) is 50.5 Å². The van der Waals surface area contributed by atoms with Crippen LogP contribution in [0.5, 0.6) is 5.88 Å². The van der Waals surface area contributed by atoms with Crippen molar-refractivity contribution in [2.75, 3.05) is 33.9 Å². The van der Waals surface area contributed by atoms with Gasteiger partial charge in [0.1, 0.15) is 6.61 Å². The van der Waals surface area contributed by atoms with Crippen LogP contribution in [0, 0.1) is 5.92 Å². The van der Waals surface area contributed by atoms with E-state index in [1.807, 2.05) is 12.1 Å². The topological polar surface area (TPSA) is 67.8 Å². The molecule has 1 aromatic heterocycles. The molecular formula is C20H35IN4O2. The highest BCUT2D eigenvalue weighted by Gasteiger charge is 2.12. The second-order valence-corrected chi connectivity index (χ2v) is 6.81. The van der Waals surface area contributed by atoms with Crippen LogP contribution < -0.4 is 15.4 Å². The summed E-state index contributed by atoms with van der Waals surface area (Å²) in [6.07, 6.45) is 11.4. The van der Waals surface area contributed by atoms with Gasteiger partial charge in [0.05, 0.1) is 6.61 Å². The molecule has 0 bridgehead atoms. The monoisotopic (exact) mass is 490 g/mol. The first-order valence-electron chi connectivity index (χ1n) is 9.83. The number of hydrogen-bond acceptors (Lipinski definition) is 4. The molecule has 0 spiro atoms. The fraction of sp³-hybridized carbons (Fsp3) is 0.700. The first-order valence-corrected chi connectivity index (χ1v) is 9.83. The van der Waals surface area contributed by atoms with E-state index in [9.17, 15) is 0 Å². The average Bonchev–Trinajstić information content (AvgIpc) is 2.69. The number of halogens is 1. The molecule has 154 valence electrons. The minimum absolute atomic E-state index is 0. The van der Waals surface area contributed by atoms with Crippen LogP contribution in [0.2, 0.25) is 0 Å². The molecule has 27 heavy (non-hydrogen) atoms. The fourth-order valence-corrected chi connectivity index (χ4v) is 3.38. The van der Waals surface area contributed by atoms with Gasteiger partial charge in [-0.1, -0.05) is 38.2 Å². The van der Waals surface area contributed by atoms with Gasteiger partial charge in [-0.05, 0) is 24.8 Å². The van der Waals surface area contributed by atoms with Crippen molar-refractivity contribution in [3.63, 3.8) is 0 Å². The summed E-state index contributed by atoms with van der Waals surface area (Å²) in [5.41, 5.74) is 1.01. The standard InChI is InChI=1S/C20H34N4O2.HI/c1-21-20(23-13-6-10-17-8-4-3-5-9-17)24-16-18-11-7-12-22-19(18)26-15-14-25-2;/h7,11-12,17H,3-6,8-10,13-16H2,1-2H3,(H2,21,23,24);1H. The van der Waals surface area contributed by atoms with Gasteiger partial charge in [-0.25, -0.2) is 4.98 Å². The van der Waals surface area contributed by atoms with Crippen molar-refractivity contribution in [2.24, 2.45) is 10.9 Å². The molecule has 1 heterocycles. The maximum Gasteiger partial charge on any atom is 0.218 e. The summed E-state index contributed by atoms with van der Waals surface area (Å²) in [6.45, 7) is 2.63. The molecule has 0 radical (unpaired) electrons. The highest BCUT2D eigenvalue weighted by molar-refractivity contribution is 14.0. The Labute approximate surface area is 180 Å². The SMILES string of the molecule is CN=C(NCCCC1CCCCC1)NCc1cccnc1OCCOC.I. The maximum absolute atomic E-state index is 5.67. The summed E-state index contributed by atoms with van der Waals surface area (Å²) < 4.78 is 10.7. The van der Waals surface area contributed by atoms with E-state index in [0.717, 1.165) is 24.0 Å². The van der Waals surface area contributed by atoms with Crippen LogP contribution >= 0.6 is 24.0 Å². The lowest BCUT2D eigenvalue weighted by atomic mass is 9.86. The third-order valence-electron chi connectivity index (χ3n) is 4.85. The molecule has 1 saturated carbocycles. The van der Waals surface area contributed by atoms with Gasteiger partial charge in [-0.15, -0.1) is 24.0 Å². The molecule has 1 aliphatic rings. The Balaban J connectivity index is 0.00000364. The molecule has 1 aliphatic carbocycles. The number of rotatable bonds is 10. The molecule has 2 N–H and O–H groups in total. The summed E-state index contributed by atoms with van der Waals surface area (Å²) in [5.74, 6) is 2.40. The quantitative estimate of drug-likeness (QED) is 0.226. The summed E-state index contributed by atoms with van der Waals surface area (Å²) in [6, 6.07) is 3.93. The minimum atomic E-state index is 0. The zero-order valence-corrected chi connectivity index (χ0v) is 19.0. The predicted octanol–water partition coefficient (Wildman–Crippen LogP) is 3.75. The Morgan fingerprint density at radius 1 is 1.22 bits per heavy atom. The largest absolute Gasteiger partial charge is 0.475 e. The van der Waals surface area contributed by atoms with Gasteiger partial charge in [0.25, 0.3) is 0 Å². The van der Waals surface area contributed by atoms with Crippen molar-refractivity contribution in [3.8, 4) is 5.88 Å². The highest BCUT2D eigenvalue weighted by Crippen LogP contribution is 2.26. The van der Waals surface area contributed by atoms with Crippen LogP contribution in [0.3, 0.4) is 0 Å². The van der Waals surface area contributed by atoms with Crippen LogP contribution in [0.4, 0.5) is 0 Å². The molecule has 0 saturated heterocycles. The van der Waals surface area contributed by atoms with E-state index in [1.165, 1.54) is 44.9 Å². The van der Waals surface area contributed by atoms with E-state index in [-0.39, 0.29) is 24.0 Å². The van der Waals surface area contributed by atoms with E-state index < -0.39 is 0 Å². The highest BCUT2D eigenvalue weighted by atomic mass is 127. The summed E-state index contributed by atoms with van der Waals surface area (Å²) in [7, 11) is 3.46. The molecular weight excluding hydrogens is 455 g/mol. The number of nitrogens with zero attached hydrogens (tertiary/aromatic N) is 2. The predicted molar refractivity (Wildman–Crippen MR) is 121 cm³/mol. The van der Waals surface area contributed by atoms with Crippen molar-refractivity contribution in [3.05, 3.63) is 23.9 Å². The van der Waals surface area contributed by atoms with Crippen molar-refractivity contribution >= 4 is 29.9 Å². The lowest BCUT2D eigenvalue weighted by Crippen LogP contribution is -2.37. The summed E-state index contributed by atoms with van der Waals surface area (Å²) >= 11 is 0. The molecule has 1 aromatic rings. The molecule has 0 aliphatic heterocycles. The van der Waals surface area contributed by atoms with Crippen molar-refractivity contribution < 1.29 is 9.47 Å². The second-order valence-electron chi connectivity index (χ2n) is 6.81. The summed E-state index contributed by atoms with van der Waals surface area (Å²) in [5, 5.41) is 6.75. The number of guanidine groups is 1. The number of pyridine rings is 1. The van der Waals surface area contributed by atoms with Crippen molar-refractivity contribution in [1.29, 1.82) is 0 Å². The number of hydrogen-bond donors (Lipinski definition) is 2. The smallest absolute Gasteiger partial charge is 0.218 e. The van der Waals surface area contributed by atoms with Gasteiger partial charge in [0.2, 0.25) is 5.88 Å². The number of aromatic nitrogens is 1. The van der Waals surface area contributed by atoms with Gasteiger partial charge < -0.3 is 20.1 Å². The Morgan fingerprint density at radius 3 is 2.78 bits per heavy atom. The molecule has 7 heteroatoms. The zero-order chi connectivity index (χ0) is 18.5. The van der Waals surface area contributed by atoms with E-state index >= 15 is 0 Å². The molecule has 0 unspecified atom stereocenters. The van der Waals surface area contributed by atoms with E-state index in [4.69, 9.17) is 9.47 Å². The normalized spacial score (nSPS) is 15.1. The van der Waals surface area contributed by atoms with E-state index in [2.05, 4.69) is 20.6 Å². The minimum Gasteiger partial charge on any atom is -0.475 e. The zero-order valence-electron chi connectivity index (χ0n) is 16.7. The van der Waals surface area contributed by atoms with Crippen LogP contribution in [0.15, 0.2) is 23.3 Å². The first kappa shape index (κ1) is 23.9. The van der Waals surface area contributed by atoms with Gasteiger partial charge >= 0.3 is 0 Å². The summed E-state index contributed by atoms with van der Waals surface area (Å²) in [4.78, 5) is 8.61. The maximum atomic E-state index is 5.67. The van der Waals surface area contributed by atoms with Crippen LogP contribution in [0.25, 0.3) is 0 Å². The molecule has 0 aromatic carbocycles. The van der Waals surface area contributed by atoms with Gasteiger partial charge in [-0.2, -0.15) is 0 Å². The molecule has 2 rings (SSSR count). The number of aliphatic imine (C=N–C) groups is 1. The number of methoxy groups -OCH3 is 1. The van der Waals surface area contributed by atoms with Crippen molar-refractivity contribution in [2.45, 2.75) is 51.5 Å². The second kappa shape index (κ2) is 14.9. The molecule has 0 atom stereocenters. The van der Waals surface area contributed by atoms with Gasteiger partial charge in [-0.3, -0.25) is 4.99 Å². The molecule has 6 nitrogen and oxygen atoms in total. The van der Waals surface area contributed by atoms with Crippen molar-refractivity contribution in [1.82, 2.24) is 15.6 Å². The third-order valence-corrected chi connectivity index (χ3v) is 4.85. The molecule has 0 amide bonds. The van der Waals surface area contributed by atoms with E-state index in [1.54, 1.807) is 20.4 Å². The number of nitrogens with one attached hydrogen (secondary N) is 2. The Hall–Kier alpha value is -1.09. The lowest BCUT2D eigenvalue weighted by Gasteiger charge is -2.21. The van der Waals surface area contributed by atoms with Gasteiger partial charge in [0, 0.05) is 39.0 Å². The first-order chi connectivity index (χ1) is 12.8. The average molecular weight is 490 g/mol. The third kappa shape index (κ3) is 9.60. The lowest BCUT2D eigenvalue weighted by molar-refractivity contribution is 0.143. The van der Waals surface area contributed by atoms with Crippen LogP contribution in [-0.4, -0.2) is 44.9 Å². The van der Waals surface area contributed by atoms with Crippen LogP contribution in [-0.2, 0) is 11.3 Å².